The quantitative estimate of drug-likeness (QED) is 0.383. The van der Waals surface area contributed by atoms with E-state index in [1.165, 1.54) is 33.9 Å². The first-order valence-electron chi connectivity index (χ1n) is 11.7. The molecule has 0 saturated heterocycles. The molecule has 0 aliphatic heterocycles. The van der Waals surface area contributed by atoms with Gasteiger partial charge in [0, 0.05) is 18.7 Å². The maximum atomic E-state index is 14.1. The van der Waals surface area contributed by atoms with E-state index in [2.05, 4.69) is 15.5 Å². The summed E-state index contributed by atoms with van der Waals surface area (Å²) in [6, 6.07) is 7.29. The van der Waals surface area contributed by atoms with Crippen molar-refractivity contribution in [1.82, 2.24) is 24.8 Å². The highest BCUT2D eigenvalue weighted by Crippen LogP contribution is 2.19. The van der Waals surface area contributed by atoms with Crippen molar-refractivity contribution in [1.29, 1.82) is 0 Å². The second-order valence-electron chi connectivity index (χ2n) is 9.38. The van der Waals surface area contributed by atoms with Gasteiger partial charge in [0.2, 0.25) is 5.91 Å². The first-order valence-corrected chi connectivity index (χ1v) is 11.7. The average Bonchev–Trinajstić information content (AvgIpc) is 3.26. The summed E-state index contributed by atoms with van der Waals surface area (Å²) in [6.45, 7) is 3.77. The number of pyridine rings is 1. The van der Waals surface area contributed by atoms with E-state index >= 15 is 0 Å². The summed E-state index contributed by atoms with van der Waals surface area (Å²) in [5.74, 6) is -1.93. The molecule has 13 heteroatoms. The van der Waals surface area contributed by atoms with Gasteiger partial charge in [-0.1, -0.05) is 12.1 Å². The van der Waals surface area contributed by atoms with Gasteiger partial charge in [0.1, 0.15) is 30.1 Å². The van der Waals surface area contributed by atoms with Crippen molar-refractivity contribution < 1.29 is 32.6 Å². The number of carbonyl (C=O) groups excluding carboxylic acids is 3. The first kappa shape index (κ1) is 28.6. The molecule has 1 atom stereocenters. The number of fused-ring (bicyclic) bond motifs is 1. The maximum Gasteiger partial charge on any atom is 0.410 e. The molecule has 0 fully saturated rings. The number of halogens is 2. The van der Waals surface area contributed by atoms with Crippen LogP contribution in [-0.2, 0) is 32.3 Å². The molecule has 38 heavy (non-hydrogen) atoms. The SMILES string of the molecule is CC(=O)CN(C)C(=O)OCc1cccc2nnc([C@@H](COCc3ccc(F)cc3F)NC(=O)C(C)(C)N)n12. The van der Waals surface area contributed by atoms with Crippen molar-refractivity contribution in [3.05, 3.63) is 65.1 Å². The Kier molecular flexibility index (Phi) is 9.07. The van der Waals surface area contributed by atoms with E-state index in [0.717, 1.165) is 17.0 Å². The predicted octanol–water partition coefficient (Wildman–Crippen LogP) is 2.28. The van der Waals surface area contributed by atoms with Gasteiger partial charge >= 0.3 is 6.09 Å². The molecule has 0 unspecified atom stereocenters. The third kappa shape index (κ3) is 7.29. The highest BCUT2D eigenvalue weighted by Gasteiger charge is 2.29. The van der Waals surface area contributed by atoms with Crippen LogP contribution in [0, 0.1) is 11.6 Å². The van der Waals surface area contributed by atoms with Gasteiger partial charge in [0.15, 0.2) is 11.5 Å². The predicted molar refractivity (Wildman–Crippen MR) is 132 cm³/mol. The second kappa shape index (κ2) is 12.0. The Hall–Kier alpha value is -3.97. The van der Waals surface area contributed by atoms with E-state index < -0.39 is 35.2 Å². The largest absolute Gasteiger partial charge is 0.443 e. The maximum absolute atomic E-state index is 14.1. The van der Waals surface area contributed by atoms with Gasteiger partial charge in [-0.05, 0) is 39.0 Å². The summed E-state index contributed by atoms with van der Waals surface area (Å²) in [7, 11) is 1.44. The zero-order valence-electron chi connectivity index (χ0n) is 21.5. The van der Waals surface area contributed by atoms with Gasteiger partial charge < -0.3 is 25.4 Å². The van der Waals surface area contributed by atoms with Crippen molar-refractivity contribution in [2.75, 3.05) is 20.2 Å². The fourth-order valence-corrected chi connectivity index (χ4v) is 3.46. The number of Topliss-reactive ketones (excluding diaryl/α,β-unsaturated/α-hetero) is 1. The number of hydrogen-bond acceptors (Lipinski definition) is 8. The lowest BCUT2D eigenvalue weighted by atomic mass is 10.1. The van der Waals surface area contributed by atoms with Crippen molar-refractivity contribution in [2.24, 2.45) is 5.73 Å². The van der Waals surface area contributed by atoms with Crippen LogP contribution in [0.1, 0.15) is 43.9 Å². The van der Waals surface area contributed by atoms with Gasteiger partial charge in [-0.3, -0.25) is 14.0 Å². The molecular formula is C25H30F2N6O5. The Balaban J connectivity index is 1.86. The second-order valence-corrected chi connectivity index (χ2v) is 9.38. The molecule has 3 N–H and O–H groups in total. The molecule has 0 spiro atoms. The van der Waals surface area contributed by atoms with Crippen LogP contribution in [0.3, 0.4) is 0 Å². The van der Waals surface area contributed by atoms with Crippen molar-refractivity contribution in [3.63, 3.8) is 0 Å². The van der Waals surface area contributed by atoms with Gasteiger partial charge in [-0.2, -0.15) is 0 Å². The zero-order chi connectivity index (χ0) is 28.0. The van der Waals surface area contributed by atoms with Crippen LogP contribution in [0.2, 0.25) is 0 Å². The molecule has 0 aliphatic carbocycles. The number of nitrogens with zero attached hydrogens (tertiary/aromatic N) is 4. The summed E-state index contributed by atoms with van der Waals surface area (Å²) in [4.78, 5) is 37.5. The number of likely N-dealkylation sites (N-methyl/N-ethyl adjacent to an activating group) is 1. The smallest absolute Gasteiger partial charge is 0.410 e. The number of aromatic nitrogens is 3. The van der Waals surface area contributed by atoms with E-state index in [0.29, 0.717) is 11.3 Å². The summed E-state index contributed by atoms with van der Waals surface area (Å²) in [5.41, 5.74) is 5.73. The standard InChI is InChI=1S/C25H30F2N6O5/c1-15(34)11-32(4)24(36)38-13-18-6-5-7-21-30-31-22(33(18)21)20(29-23(35)25(2,3)28)14-37-12-16-8-9-17(26)10-19(16)27/h5-10,20H,11-14,28H2,1-4H3,(H,29,35)/t20-/m1/s1. The van der Waals surface area contributed by atoms with Crippen molar-refractivity contribution in [2.45, 2.75) is 45.6 Å². The van der Waals surface area contributed by atoms with Crippen LogP contribution in [0.4, 0.5) is 13.6 Å². The van der Waals surface area contributed by atoms with Crippen LogP contribution >= 0.6 is 0 Å². The lowest BCUT2D eigenvalue weighted by Crippen LogP contribution is -2.51. The van der Waals surface area contributed by atoms with Gasteiger partial charge in [0.25, 0.3) is 0 Å². The highest BCUT2D eigenvalue weighted by molar-refractivity contribution is 5.85. The van der Waals surface area contributed by atoms with Crippen molar-refractivity contribution in [3.8, 4) is 0 Å². The van der Waals surface area contributed by atoms with Crippen LogP contribution in [0.15, 0.2) is 36.4 Å². The van der Waals surface area contributed by atoms with E-state index in [-0.39, 0.29) is 43.5 Å². The zero-order valence-corrected chi connectivity index (χ0v) is 21.5. The highest BCUT2D eigenvalue weighted by atomic mass is 19.1. The molecule has 11 nitrogen and oxygen atoms in total. The fourth-order valence-electron chi connectivity index (χ4n) is 3.46. The van der Waals surface area contributed by atoms with E-state index in [4.69, 9.17) is 15.2 Å². The average molecular weight is 533 g/mol. The molecule has 204 valence electrons. The Morgan fingerprint density at radius 1 is 1.16 bits per heavy atom. The van der Waals surface area contributed by atoms with Crippen LogP contribution in [0.25, 0.3) is 5.65 Å². The Labute approximate surface area is 217 Å². The number of hydrogen-bond donors (Lipinski definition) is 2. The summed E-state index contributed by atoms with van der Waals surface area (Å²) in [5, 5.41) is 11.1. The molecule has 2 amide bonds. The summed E-state index contributed by atoms with van der Waals surface area (Å²) >= 11 is 0. The molecule has 0 bridgehead atoms. The Bertz CT molecular complexity index is 1320. The number of nitrogens with two attached hydrogens (primary N) is 1. The minimum Gasteiger partial charge on any atom is -0.443 e. The number of carbonyl (C=O) groups is 3. The topological polar surface area (TPSA) is 141 Å². The third-order valence-electron chi connectivity index (χ3n) is 5.41. The van der Waals surface area contributed by atoms with Gasteiger partial charge in [-0.25, -0.2) is 13.6 Å². The molecule has 2 aromatic heterocycles. The number of amides is 2. The van der Waals surface area contributed by atoms with Crippen molar-refractivity contribution >= 4 is 23.4 Å². The molecule has 0 aliphatic rings. The molecule has 3 rings (SSSR count). The molecule has 0 radical (unpaired) electrons. The van der Waals surface area contributed by atoms with Crippen LogP contribution in [0.5, 0.6) is 0 Å². The number of nitrogens with one attached hydrogen (secondary N) is 1. The molecular weight excluding hydrogens is 502 g/mol. The van der Waals surface area contributed by atoms with Gasteiger partial charge in [0.05, 0.1) is 31.0 Å². The molecule has 0 saturated carbocycles. The fraction of sp³-hybridized carbons (Fsp3) is 0.400. The number of ketones is 1. The number of benzene rings is 1. The summed E-state index contributed by atoms with van der Waals surface area (Å²) in [6.07, 6.45) is -0.703. The Morgan fingerprint density at radius 2 is 1.89 bits per heavy atom. The lowest BCUT2D eigenvalue weighted by Gasteiger charge is -2.24. The normalized spacial score (nSPS) is 12.3. The third-order valence-corrected chi connectivity index (χ3v) is 5.41. The number of rotatable bonds is 11. The molecule has 3 aromatic rings. The summed E-state index contributed by atoms with van der Waals surface area (Å²) < 4.78 is 39.9. The van der Waals surface area contributed by atoms with Gasteiger partial charge in [-0.15, -0.1) is 10.2 Å². The first-order chi connectivity index (χ1) is 17.9. The minimum absolute atomic E-state index is 0.101. The molecule has 2 heterocycles. The Morgan fingerprint density at radius 3 is 2.55 bits per heavy atom. The van der Waals surface area contributed by atoms with E-state index in [9.17, 15) is 23.2 Å². The lowest BCUT2D eigenvalue weighted by molar-refractivity contribution is -0.126. The van der Waals surface area contributed by atoms with Crippen LogP contribution < -0.4 is 11.1 Å². The van der Waals surface area contributed by atoms with Crippen LogP contribution in [-0.4, -0.2) is 63.0 Å². The minimum atomic E-state index is -1.23. The molecule has 1 aromatic carbocycles. The number of ether oxygens (including phenoxy) is 2. The van der Waals surface area contributed by atoms with E-state index in [1.54, 1.807) is 22.6 Å². The monoisotopic (exact) mass is 532 g/mol. The van der Waals surface area contributed by atoms with E-state index in [1.807, 2.05) is 0 Å².